The van der Waals surface area contributed by atoms with Crippen molar-refractivity contribution in [2.75, 3.05) is 0 Å². The van der Waals surface area contributed by atoms with E-state index >= 15 is 0 Å². The van der Waals surface area contributed by atoms with Crippen molar-refractivity contribution in [2.45, 2.75) is 26.4 Å². The van der Waals surface area contributed by atoms with E-state index in [2.05, 4.69) is 49.0 Å². The lowest BCUT2D eigenvalue weighted by molar-refractivity contribution is 0.205. The van der Waals surface area contributed by atoms with E-state index in [1.807, 2.05) is 30.3 Å². The van der Waals surface area contributed by atoms with Crippen LogP contribution in [0.3, 0.4) is 0 Å². The van der Waals surface area contributed by atoms with Crippen molar-refractivity contribution in [3.05, 3.63) is 72.0 Å². The molecule has 0 fully saturated rings. The number of carboxylic acid groups (broad SMARTS) is 1. The maximum atomic E-state index is 8.78. The lowest BCUT2D eigenvalue weighted by Crippen LogP contribution is -2.03. The Kier molecular flexibility index (Phi) is 6.79. The van der Waals surface area contributed by atoms with Crippen molar-refractivity contribution in [3.8, 4) is 17.0 Å². The number of ether oxygens (including phenoxy) is 1. The van der Waals surface area contributed by atoms with Crippen molar-refractivity contribution < 1.29 is 19.2 Å². The van der Waals surface area contributed by atoms with Crippen LogP contribution in [0.5, 0.6) is 5.75 Å². The molecule has 0 aliphatic carbocycles. The Balaban J connectivity index is 0.000000552. The quantitative estimate of drug-likeness (QED) is 0.694. The lowest BCUT2D eigenvalue weighted by Gasteiger charge is -2.09. The van der Waals surface area contributed by atoms with E-state index in [-0.39, 0.29) is 0 Å². The van der Waals surface area contributed by atoms with Gasteiger partial charge in [-0.05, 0) is 41.3 Å². The zero-order chi connectivity index (χ0) is 18.9. The molecule has 0 bridgehead atoms. The van der Waals surface area contributed by atoms with Crippen LogP contribution in [0.25, 0.3) is 11.3 Å². The summed E-state index contributed by atoms with van der Waals surface area (Å²) < 4.78 is 10.7. The third-order valence-electron chi connectivity index (χ3n) is 3.64. The maximum Gasteiger partial charge on any atom is 0.402 e. The van der Waals surface area contributed by atoms with E-state index in [9.17, 15) is 0 Å². The molecule has 6 nitrogen and oxygen atoms in total. The van der Waals surface area contributed by atoms with Gasteiger partial charge in [-0.2, -0.15) is 0 Å². The first kappa shape index (κ1) is 19.1. The average molecular weight is 354 g/mol. The zero-order valence-electron chi connectivity index (χ0n) is 14.8. The molecule has 26 heavy (non-hydrogen) atoms. The van der Waals surface area contributed by atoms with Crippen LogP contribution in [-0.4, -0.2) is 16.4 Å². The minimum absolute atomic E-state index is 0.555. The molecule has 3 N–H and O–H groups in total. The van der Waals surface area contributed by atoms with E-state index in [1.54, 1.807) is 6.26 Å². The van der Waals surface area contributed by atoms with Gasteiger partial charge in [0.05, 0.1) is 0 Å². The molecule has 0 saturated heterocycles. The van der Waals surface area contributed by atoms with Crippen LogP contribution in [0.1, 0.15) is 30.9 Å². The molecule has 0 spiro atoms. The molecule has 3 rings (SSSR count). The molecule has 1 heterocycles. The third-order valence-corrected chi connectivity index (χ3v) is 3.64. The van der Waals surface area contributed by atoms with Crippen molar-refractivity contribution in [1.29, 1.82) is 0 Å². The molecule has 3 aromatic rings. The molecule has 0 aliphatic heterocycles. The number of carbonyl (C=O) groups is 1. The number of nitrogens with zero attached hydrogens (tertiary/aromatic N) is 1. The summed E-state index contributed by atoms with van der Waals surface area (Å²) in [6.45, 7) is 4.96. The van der Waals surface area contributed by atoms with Crippen molar-refractivity contribution in [2.24, 2.45) is 5.73 Å². The summed E-state index contributed by atoms with van der Waals surface area (Å²) in [6, 6.07) is 18.3. The second kappa shape index (κ2) is 9.27. The summed E-state index contributed by atoms with van der Waals surface area (Å²) >= 11 is 0. The summed E-state index contributed by atoms with van der Waals surface area (Å²) in [5.74, 6) is 1.40. The molecule has 2 aromatic carbocycles. The van der Waals surface area contributed by atoms with E-state index in [4.69, 9.17) is 19.2 Å². The molecule has 0 saturated carbocycles. The maximum absolute atomic E-state index is 8.78. The standard InChI is InChI=1S/C19H19NO2.CH3NO2/c1-14(2)16-5-3-15(4-6-16)13-21-18-9-7-17(8-10-18)19-11-12-22-20-19;2-1(3)4/h3-12,14H,13H2,1-2H3;2H2,(H,3,4). The number of amides is 1. The number of hydrogen-bond donors (Lipinski definition) is 2. The molecule has 0 radical (unpaired) electrons. The second-order valence-electron chi connectivity index (χ2n) is 5.93. The molecule has 1 amide bonds. The average Bonchev–Trinajstić information content (AvgIpc) is 3.15. The smallest absolute Gasteiger partial charge is 0.402 e. The highest BCUT2D eigenvalue weighted by Gasteiger charge is 2.03. The zero-order valence-corrected chi connectivity index (χ0v) is 14.8. The highest BCUT2D eigenvalue weighted by molar-refractivity contribution is 5.61. The molecule has 0 atom stereocenters. The van der Waals surface area contributed by atoms with Gasteiger partial charge >= 0.3 is 6.09 Å². The van der Waals surface area contributed by atoms with E-state index < -0.39 is 6.09 Å². The van der Waals surface area contributed by atoms with Gasteiger partial charge in [-0.15, -0.1) is 0 Å². The number of benzene rings is 2. The van der Waals surface area contributed by atoms with Crippen LogP contribution in [-0.2, 0) is 6.61 Å². The van der Waals surface area contributed by atoms with Gasteiger partial charge < -0.3 is 20.1 Å². The van der Waals surface area contributed by atoms with E-state index in [0.29, 0.717) is 12.5 Å². The summed E-state index contributed by atoms with van der Waals surface area (Å²) in [5.41, 5.74) is 8.39. The van der Waals surface area contributed by atoms with Gasteiger partial charge in [-0.1, -0.05) is 43.3 Å². The van der Waals surface area contributed by atoms with Crippen LogP contribution in [0.2, 0.25) is 0 Å². The first-order valence-corrected chi connectivity index (χ1v) is 8.16. The molecule has 136 valence electrons. The van der Waals surface area contributed by atoms with Gasteiger partial charge in [-0.3, -0.25) is 0 Å². The van der Waals surface area contributed by atoms with Crippen LogP contribution in [0.4, 0.5) is 4.79 Å². The minimum Gasteiger partial charge on any atom is -0.489 e. The van der Waals surface area contributed by atoms with Gasteiger partial charge in [0, 0.05) is 11.6 Å². The number of nitrogens with two attached hydrogens (primary N) is 1. The fraction of sp³-hybridized carbons (Fsp3) is 0.200. The van der Waals surface area contributed by atoms with Gasteiger partial charge in [0.25, 0.3) is 0 Å². The van der Waals surface area contributed by atoms with E-state index in [0.717, 1.165) is 17.0 Å². The van der Waals surface area contributed by atoms with Crippen LogP contribution in [0.15, 0.2) is 65.4 Å². The van der Waals surface area contributed by atoms with Crippen LogP contribution >= 0.6 is 0 Å². The summed E-state index contributed by atoms with van der Waals surface area (Å²) in [6.07, 6.45) is 0.237. The Morgan fingerprint density at radius 1 is 1.12 bits per heavy atom. The number of rotatable bonds is 5. The fourth-order valence-electron chi connectivity index (χ4n) is 2.25. The van der Waals surface area contributed by atoms with Gasteiger partial charge in [0.1, 0.15) is 24.3 Å². The fourth-order valence-corrected chi connectivity index (χ4v) is 2.25. The molecule has 1 aromatic heterocycles. The Hall–Kier alpha value is -3.28. The van der Waals surface area contributed by atoms with Crippen molar-refractivity contribution >= 4 is 6.09 Å². The topological polar surface area (TPSA) is 98.6 Å². The second-order valence-corrected chi connectivity index (χ2v) is 5.93. The first-order valence-electron chi connectivity index (χ1n) is 8.16. The van der Waals surface area contributed by atoms with Gasteiger partial charge in [0.2, 0.25) is 0 Å². The van der Waals surface area contributed by atoms with Gasteiger partial charge in [0.15, 0.2) is 0 Å². The Morgan fingerprint density at radius 2 is 1.73 bits per heavy atom. The van der Waals surface area contributed by atoms with Crippen molar-refractivity contribution in [3.63, 3.8) is 0 Å². The highest BCUT2D eigenvalue weighted by atomic mass is 16.5. The number of primary amides is 1. The molecular formula is C20H22N2O4. The number of aromatic nitrogens is 1. The van der Waals surface area contributed by atoms with Crippen LogP contribution < -0.4 is 10.5 Å². The van der Waals surface area contributed by atoms with Crippen LogP contribution in [0, 0.1) is 0 Å². The molecule has 6 heteroatoms. The molecule has 0 aliphatic rings. The summed E-state index contributed by atoms with van der Waals surface area (Å²) in [4.78, 5) is 8.78. The lowest BCUT2D eigenvalue weighted by atomic mass is 10.0. The van der Waals surface area contributed by atoms with E-state index in [1.165, 1.54) is 11.1 Å². The molecular weight excluding hydrogens is 332 g/mol. The normalized spacial score (nSPS) is 10.1. The largest absolute Gasteiger partial charge is 0.489 e. The third kappa shape index (κ3) is 5.98. The molecule has 0 unspecified atom stereocenters. The summed E-state index contributed by atoms with van der Waals surface area (Å²) in [5, 5.41) is 11.1. The minimum atomic E-state index is -1.33. The van der Waals surface area contributed by atoms with Gasteiger partial charge in [-0.25, -0.2) is 4.79 Å². The number of hydrogen-bond acceptors (Lipinski definition) is 4. The predicted octanol–water partition coefficient (Wildman–Crippen LogP) is 4.67. The SMILES string of the molecule is CC(C)c1ccc(COc2ccc(-c3ccon3)cc2)cc1.NC(=O)O. The Labute approximate surface area is 152 Å². The predicted molar refractivity (Wildman–Crippen MR) is 99.0 cm³/mol. The Bertz CT molecular complexity index is 791. The summed E-state index contributed by atoms with van der Waals surface area (Å²) in [7, 11) is 0. The highest BCUT2D eigenvalue weighted by Crippen LogP contribution is 2.22. The monoisotopic (exact) mass is 354 g/mol. The van der Waals surface area contributed by atoms with Crippen molar-refractivity contribution in [1.82, 2.24) is 5.16 Å². The first-order chi connectivity index (χ1) is 12.5. The Morgan fingerprint density at radius 3 is 2.23 bits per heavy atom.